The van der Waals surface area contributed by atoms with Gasteiger partial charge in [-0.1, -0.05) is 11.6 Å². The number of pyridine rings is 1. The zero-order valence-corrected chi connectivity index (χ0v) is 6.47. The van der Waals surface area contributed by atoms with Gasteiger partial charge in [0.2, 0.25) is 0 Å². The first kappa shape index (κ1) is 8.73. The second-order valence-corrected chi connectivity index (χ2v) is 2.35. The molecule has 0 amide bonds. The van der Waals surface area contributed by atoms with Crippen LogP contribution in [0.2, 0.25) is 5.15 Å². The molecule has 0 bridgehead atoms. The lowest BCUT2D eigenvalue weighted by molar-refractivity contribution is 0.0693. The van der Waals surface area contributed by atoms with E-state index in [0.29, 0.717) is 6.20 Å². The Hall–Kier alpha value is -1.36. The smallest absolute Gasteiger partial charge is 0.340 e. The Balaban J connectivity index is 3.43. The van der Waals surface area contributed by atoms with Gasteiger partial charge in [0.05, 0.1) is 11.9 Å². The third-order valence-electron chi connectivity index (χ3n) is 1.24. The molecular formula is C6H4ClFN2O2. The highest BCUT2D eigenvalue weighted by atomic mass is 35.5. The molecule has 64 valence electrons. The molecule has 1 aromatic rings. The molecule has 0 unspecified atom stereocenters. The van der Waals surface area contributed by atoms with E-state index in [4.69, 9.17) is 22.4 Å². The van der Waals surface area contributed by atoms with E-state index in [2.05, 4.69) is 4.98 Å². The van der Waals surface area contributed by atoms with Crippen LogP contribution in [0.5, 0.6) is 0 Å². The number of carboxylic acid groups (broad SMARTS) is 1. The van der Waals surface area contributed by atoms with Crippen molar-refractivity contribution in [1.82, 2.24) is 4.98 Å². The highest BCUT2D eigenvalue weighted by molar-refractivity contribution is 6.32. The van der Waals surface area contributed by atoms with E-state index in [-0.39, 0.29) is 10.8 Å². The van der Waals surface area contributed by atoms with E-state index in [1.54, 1.807) is 0 Å². The SMILES string of the molecule is Nc1c(Cl)ncc(F)c1C(=O)O. The van der Waals surface area contributed by atoms with Crippen LogP contribution in [0.15, 0.2) is 6.20 Å². The van der Waals surface area contributed by atoms with Crippen molar-refractivity contribution in [3.8, 4) is 0 Å². The fraction of sp³-hybridized carbons (Fsp3) is 0. The van der Waals surface area contributed by atoms with Crippen LogP contribution in [0.4, 0.5) is 10.1 Å². The summed E-state index contributed by atoms with van der Waals surface area (Å²) in [5.74, 6) is -2.46. The van der Waals surface area contributed by atoms with Crippen molar-refractivity contribution < 1.29 is 14.3 Å². The molecule has 0 aliphatic heterocycles. The van der Waals surface area contributed by atoms with Gasteiger partial charge >= 0.3 is 5.97 Å². The van der Waals surface area contributed by atoms with Crippen LogP contribution in [0.1, 0.15) is 10.4 Å². The molecule has 3 N–H and O–H groups in total. The molecule has 0 spiro atoms. The first-order chi connectivity index (χ1) is 5.54. The highest BCUT2D eigenvalue weighted by Gasteiger charge is 2.17. The van der Waals surface area contributed by atoms with Gasteiger partial charge in [0, 0.05) is 0 Å². The summed E-state index contributed by atoms with van der Waals surface area (Å²) in [5.41, 5.74) is 4.17. The highest BCUT2D eigenvalue weighted by Crippen LogP contribution is 2.22. The van der Waals surface area contributed by atoms with E-state index in [1.165, 1.54) is 0 Å². The molecule has 0 saturated heterocycles. The minimum atomic E-state index is -1.46. The second-order valence-electron chi connectivity index (χ2n) is 1.99. The Morgan fingerprint density at radius 3 is 2.75 bits per heavy atom. The maximum atomic E-state index is 12.7. The summed E-state index contributed by atoms with van der Waals surface area (Å²) in [5, 5.41) is 8.25. The number of hydrogen-bond donors (Lipinski definition) is 2. The lowest BCUT2D eigenvalue weighted by Gasteiger charge is -2.01. The maximum absolute atomic E-state index is 12.7. The number of carbonyl (C=O) groups is 1. The predicted octanol–water partition coefficient (Wildman–Crippen LogP) is 1.15. The van der Waals surface area contributed by atoms with Crippen molar-refractivity contribution >= 4 is 23.3 Å². The molecule has 0 saturated carbocycles. The lowest BCUT2D eigenvalue weighted by Crippen LogP contribution is -2.07. The van der Waals surface area contributed by atoms with Gasteiger partial charge in [-0.05, 0) is 0 Å². The van der Waals surface area contributed by atoms with Crippen molar-refractivity contribution in [2.24, 2.45) is 0 Å². The van der Waals surface area contributed by atoms with Crippen molar-refractivity contribution in [3.63, 3.8) is 0 Å². The minimum Gasteiger partial charge on any atom is -0.478 e. The number of nitrogens with zero attached hydrogens (tertiary/aromatic N) is 1. The summed E-state index contributed by atoms with van der Waals surface area (Å²) in [6.45, 7) is 0. The fourth-order valence-corrected chi connectivity index (χ4v) is 0.840. The van der Waals surface area contributed by atoms with E-state index < -0.39 is 17.3 Å². The number of hydrogen-bond acceptors (Lipinski definition) is 3. The Labute approximate surface area is 71.8 Å². The third-order valence-corrected chi connectivity index (χ3v) is 1.54. The van der Waals surface area contributed by atoms with Gasteiger partial charge in [-0.25, -0.2) is 14.2 Å². The van der Waals surface area contributed by atoms with Gasteiger partial charge in [-0.3, -0.25) is 0 Å². The van der Waals surface area contributed by atoms with Crippen molar-refractivity contribution in [2.75, 3.05) is 5.73 Å². The monoisotopic (exact) mass is 190 g/mol. The van der Waals surface area contributed by atoms with E-state index >= 15 is 0 Å². The number of nitrogen functional groups attached to an aromatic ring is 1. The average Bonchev–Trinajstić information content (AvgIpc) is 1.97. The second kappa shape index (κ2) is 2.94. The van der Waals surface area contributed by atoms with Crippen LogP contribution >= 0.6 is 11.6 Å². The van der Waals surface area contributed by atoms with E-state index in [9.17, 15) is 9.18 Å². The largest absolute Gasteiger partial charge is 0.478 e. The van der Waals surface area contributed by atoms with Gasteiger partial charge < -0.3 is 10.8 Å². The van der Waals surface area contributed by atoms with Crippen molar-refractivity contribution in [3.05, 3.63) is 22.7 Å². The minimum absolute atomic E-state index is 0.214. The van der Waals surface area contributed by atoms with Gasteiger partial charge in [-0.15, -0.1) is 0 Å². The Morgan fingerprint density at radius 2 is 2.33 bits per heavy atom. The van der Waals surface area contributed by atoms with Gasteiger partial charge in [0.15, 0.2) is 11.0 Å². The van der Waals surface area contributed by atoms with Gasteiger partial charge in [0.25, 0.3) is 0 Å². The average molecular weight is 191 g/mol. The van der Waals surface area contributed by atoms with Gasteiger partial charge in [-0.2, -0.15) is 0 Å². The normalized spacial score (nSPS) is 9.83. The Bertz CT molecular complexity index is 343. The third kappa shape index (κ3) is 1.31. The molecule has 0 radical (unpaired) electrons. The first-order valence-corrected chi connectivity index (χ1v) is 3.24. The number of anilines is 1. The molecule has 6 heteroatoms. The molecule has 0 aliphatic rings. The van der Waals surface area contributed by atoms with Crippen molar-refractivity contribution in [2.45, 2.75) is 0 Å². The zero-order valence-electron chi connectivity index (χ0n) is 5.71. The van der Waals surface area contributed by atoms with Crippen LogP contribution in [0.25, 0.3) is 0 Å². The lowest BCUT2D eigenvalue weighted by atomic mass is 10.2. The van der Waals surface area contributed by atoms with Gasteiger partial charge in [0.1, 0.15) is 5.56 Å². The number of halogens is 2. The van der Waals surface area contributed by atoms with Crippen LogP contribution in [0.3, 0.4) is 0 Å². The predicted molar refractivity (Wildman–Crippen MR) is 40.6 cm³/mol. The van der Waals surface area contributed by atoms with Crippen LogP contribution in [-0.2, 0) is 0 Å². The Morgan fingerprint density at radius 1 is 1.75 bits per heavy atom. The quantitative estimate of drug-likeness (QED) is 0.652. The first-order valence-electron chi connectivity index (χ1n) is 2.86. The summed E-state index contributed by atoms with van der Waals surface area (Å²) in [6, 6.07) is 0. The molecule has 1 heterocycles. The topological polar surface area (TPSA) is 76.2 Å². The number of rotatable bonds is 1. The fourth-order valence-electron chi connectivity index (χ4n) is 0.697. The summed E-state index contributed by atoms with van der Waals surface area (Å²) in [4.78, 5) is 13.7. The number of nitrogens with two attached hydrogens (primary N) is 1. The van der Waals surface area contributed by atoms with Crippen LogP contribution in [0, 0.1) is 5.82 Å². The number of aromatic carboxylic acids is 1. The number of carboxylic acids is 1. The van der Waals surface area contributed by atoms with Crippen LogP contribution < -0.4 is 5.73 Å². The molecular weight excluding hydrogens is 187 g/mol. The molecule has 0 fully saturated rings. The van der Waals surface area contributed by atoms with E-state index in [0.717, 1.165) is 0 Å². The summed E-state index contributed by atoms with van der Waals surface area (Å²) < 4.78 is 12.7. The molecule has 12 heavy (non-hydrogen) atoms. The molecule has 0 aliphatic carbocycles. The molecule has 0 aromatic carbocycles. The zero-order chi connectivity index (χ0) is 9.30. The Kier molecular flexibility index (Phi) is 2.14. The number of aromatic nitrogens is 1. The van der Waals surface area contributed by atoms with Crippen molar-refractivity contribution in [1.29, 1.82) is 0 Å². The molecule has 1 rings (SSSR count). The van der Waals surface area contributed by atoms with E-state index in [1.807, 2.05) is 0 Å². The molecule has 1 aromatic heterocycles. The molecule has 0 atom stereocenters. The standard InChI is InChI=1S/C6H4ClFN2O2/c7-5-4(9)3(6(11)12)2(8)1-10-5/h1H,9H2,(H,11,12). The summed E-state index contributed by atoms with van der Waals surface area (Å²) in [7, 11) is 0. The molecule has 4 nitrogen and oxygen atoms in total. The van der Waals surface area contributed by atoms with Crippen LogP contribution in [-0.4, -0.2) is 16.1 Å². The summed E-state index contributed by atoms with van der Waals surface area (Å²) >= 11 is 5.36. The summed E-state index contributed by atoms with van der Waals surface area (Å²) in [6.07, 6.45) is 0.710. The maximum Gasteiger partial charge on any atom is 0.340 e.